The molecule has 0 bridgehead atoms. The Hall–Kier alpha value is -1.54. The Kier molecular flexibility index (Phi) is 3.56. The van der Waals surface area contributed by atoms with Crippen LogP contribution in [0, 0.1) is 0 Å². The van der Waals surface area contributed by atoms with Crippen LogP contribution in [-0.4, -0.2) is 29.2 Å². The molecule has 0 heterocycles. The Morgan fingerprint density at radius 2 is 1.94 bits per heavy atom. The maximum Gasteiger partial charge on any atom is 0.488 e. The number of carbonyl (C=O) groups is 1. The minimum Gasteiger partial charge on any atom is -0.423 e. The fraction of sp³-hybridized carbons (Fsp3) is 0.125. The molecule has 0 fully saturated rings. The number of benzene rings is 1. The lowest BCUT2D eigenvalue weighted by Gasteiger charge is -2.08. The first kappa shape index (κ1) is 12.5. The molecule has 0 unspecified atom stereocenters. The Labute approximate surface area is 88.9 Å². The van der Waals surface area contributed by atoms with Crippen molar-refractivity contribution in [2.45, 2.75) is 6.18 Å². The standard InChI is InChI=1S/C8H7BF3NO3/c10-8(11,12)7(14)13-6-3-1-2-5(4-6)9(15)16/h1-4,15-16H,(H,13,14). The van der Waals surface area contributed by atoms with Crippen molar-refractivity contribution < 1.29 is 28.0 Å². The summed E-state index contributed by atoms with van der Waals surface area (Å²) < 4.78 is 35.6. The van der Waals surface area contributed by atoms with Gasteiger partial charge in [0.2, 0.25) is 0 Å². The average Bonchev–Trinajstić information content (AvgIpc) is 2.16. The van der Waals surface area contributed by atoms with Crippen LogP contribution in [0.1, 0.15) is 0 Å². The van der Waals surface area contributed by atoms with E-state index in [1.54, 1.807) is 5.32 Å². The first-order chi connectivity index (χ1) is 7.30. The molecule has 0 spiro atoms. The summed E-state index contributed by atoms with van der Waals surface area (Å²) in [7, 11) is -1.80. The molecular weight excluding hydrogens is 226 g/mol. The number of hydrogen-bond acceptors (Lipinski definition) is 3. The average molecular weight is 233 g/mol. The predicted octanol–water partition coefficient (Wildman–Crippen LogP) is -0.133. The van der Waals surface area contributed by atoms with E-state index in [1.165, 1.54) is 18.2 Å². The van der Waals surface area contributed by atoms with Crippen molar-refractivity contribution in [3.8, 4) is 0 Å². The molecule has 0 aliphatic heterocycles. The summed E-state index contributed by atoms with van der Waals surface area (Å²) in [5.41, 5.74) is -0.173. The molecule has 86 valence electrons. The van der Waals surface area contributed by atoms with Crippen molar-refractivity contribution in [1.29, 1.82) is 0 Å². The first-order valence-electron chi connectivity index (χ1n) is 4.15. The van der Waals surface area contributed by atoms with Crippen molar-refractivity contribution in [2.75, 3.05) is 5.32 Å². The summed E-state index contributed by atoms with van der Waals surface area (Å²) in [5.74, 6) is -2.11. The zero-order chi connectivity index (χ0) is 12.3. The molecule has 1 aromatic rings. The number of amides is 1. The van der Waals surface area contributed by atoms with Crippen LogP contribution < -0.4 is 10.8 Å². The van der Waals surface area contributed by atoms with Crippen molar-refractivity contribution in [3.63, 3.8) is 0 Å². The molecule has 1 amide bonds. The lowest BCUT2D eigenvalue weighted by atomic mass is 9.80. The Morgan fingerprint density at radius 1 is 1.31 bits per heavy atom. The van der Waals surface area contributed by atoms with Gasteiger partial charge < -0.3 is 15.4 Å². The van der Waals surface area contributed by atoms with Gasteiger partial charge >= 0.3 is 19.2 Å². The zero-order valence-corrected chi connectivity index (χ0v) is 7.82. The van der Waals surface area contributed by atoms with Crippen LogP contribution in [0.25, 0.3) is 0 Å². The van der Waals surface area contributed by atoms with Crippen molar-refractivity contribution in [3.05, 3.63) is 24.3 Å². The number of anilines is 1. The third kappa shape index (κ3) is 3.25. The van der Waals surface area contributed by atoms with E-state index in [2.05, 4.69) is 0 Å². The second-order valence-electron chi connectivity index (χ2n) is 2.95. The van der Waals surface area contributed by atoms with Gasteiger partial charge in [0.1, 0.15) is 0 Å². The largest absolute Gasteiger partial charge is 0.488 e. The summed E-state index contributed by atoms with van der Waals surface area (Å²) in [5, 5.41) is 19.1. The van der Waals surface area contributed by atoms with Crippen LogP contribution in [-0.2, 0) is 4.79 Å². The summed E-state index contributed by atoms with van der Waals surface area (Å²) in [6, 6.07) is 4.83. The second kappa shape index (κ2) is 4.54. The third-order valence-corrected chi connectivity index (χ3v) is 1.70. The molecule has 16 heavy (non-hydrogen) atoms. The number of nitrogens with one attached hydrogen (secondary N) is 1. The lowest BCUT2D eigenvalue weighted by Crippen LogP contribution is -2.32. The third-order valence-electron chi connectivity index (χ3n) is 1.70. The zero-order valence-electron chi connectivity index (χ0n) is 7.82. The summed E-state index contributed by atoms with van der Waals surface area (Å²) in [6.45, 7) is 0. The summed E-state index contributed by atoms with van der Waals surface area (Å²) >= 11 is 0. The fourth-order valence-corrected chi connectivity index (χ4v) is 0.979. The van der Waals surface area contributed by atoms with Crippen LogP contribution in [0.2, 0.25) is 0 Å². The van der Waals surface area contributed by atoms with E-state index in [1.807, 2.05) is 0 Å². The molecule has 0 radical (unpaired) electrons. The number of rotatable bonds is 2. The van der Waals surface area contributed by atoms with E-state index < -0.39 is 19.2 Å². The molecule has 1 aromatic carbocycles. The maximum atomic E-state index is 11.9. The molecule has 0 saturated carbocycles. The van der Waals surface area contributed by atoms with E-state index in [0.717, 1.165) is 6.07 Å². The van der Waals surface area contributed by atoms with Crippen LogP contribution in [0.4, 0.5) is 18.9 Å². The van der Waals surface area contributed by atoms with Crippen LogP contribution in [0.5, 0.6) is 0 Å². The Balaban J connectivity index is 2.83. The number of halogens is 3. The molecule has 8 heteroatoms. The van der Waals surface area contributed by atoms with Gasteiger partial charge in [-0.05, 0) is 17.6 Å². The number of alkyl halides is 3. The van der Waals surface area contributed by atoms with Crippen LogP contribution >= 0.6 is 0 Å². The minimum atomic E-state index is -4.98. The number of carbonyl (C=O) groups excluding carboxylic acids is 1. The molecule has 0 atom stereocenters. The van der Waals surface area contributed by atoms with E-state index >= 15 is 0 Å². The van der Waals surface area contributed by atoms with Crippen molar-refractivity contribution >= 4 is 24.2 Å². The van der Waals surface area contributed by atoms with Crippen LogP contribution in [0.15, 0.2) is 24.3 Å². The molecule has 0 aromatic heterocycles. The van der Waals surface area contributed by atoms with E-state index in [-0.39, 0.29) is 11.2 Å². The first-order valence-corrected chi connectivity index (χ1v) is 4.15. The maximum absolute atomic E-state index is 11.9. The normalized spacial score (nSPS) is 11.1. The van der Waals surface area contributed by atoms with Gasteiger partial charge in [-0.3, -0.25) is 4.79 Å². The van der Waals surface area contributed by atoms with Gasteiger partial charge in [-0.2, -0.15) is 13.2 Å². The fourth-order valence-electron chi connectivity index (χ4n) is 0.979. The van der Waals surface area contributed by atoms with Gasteiger partial charge in [-0.25, -0.2) is 0 Å². The smallest absolute Gasteiger partial charge is 0.423 e. The molecule has 1 rings (SSSR count). The molecule has 4 nitrogen and oxygen atoms in total. The SMILES string of the molecule is O=C(Nc1cccc(B(O)O)c1)C(F)(F)F. The highest BCUT2D eigenvalue weighted by Crippen LogP contribution is 2.17. The van der Waals surface area contributed by atoms with Gasteiger partial charge in [-0.15, -0.1) is 0 Å². The molecule has 0 saturated heterocycles. The quantitative estimate of drug-likeness (QED) is 0.623. The topological polar surface area (TPSA) is 69.6 Å². The van der Waals surface area contributed by atoms with Crippen LogP contribution in [0.3, 0.4) is 0 Å². The van der Waals surface area contributed by atoms with Crippen molar-refractivity contribution in [2.24, 2.45) is 0 Å². The summed E-state index contributed by atoms with van der Waals surface area (Å²) in [4.78, 5) is 10.6. The second-order valence-corrected chi connectivity index (χ2v) is 2.95. The van der Waals surface area contributed by atoms with E-state index in [4.69, 9.17) is 10.0 Å². The molecule has 3 N–H and O–H groups in total. The van der Waals surface area contributed by atoms with Gasteiger partial charge in [0, 0.05) is 5.69 Å². The van der Waals surface area contributed by atoms with E-state index in [0.29, 0.717) is 0 Å². The monoisotopic (exact) mass is 233 g/mol. The minimum absolute atomic E-state index is 0.0139. The Bertz CT molecular complexity index is 394. The highest BCUT2D eigenvalue weighted by atomic mass is 19.4. The van der Waals surface area contributed by atoms with Gasteiger partial charge in [0.05, 0.1) is 0 Å². The number of hydrogen-bond donors (Lipinski definition) is 3. The lowest BCUT2D eigenvalue weighted by molar-refractivity contribution is -0.167. The molecule has 0 aliphatic rings. The molecular formula is C8H7BF3NO3. The van der Waals surface area contributed by atoms with E-state index in [9.17, 15) is 18.0 Å². The van der Waals surface area contributed by atoms with Gasteiger partial charge in [0.15, 0.2) is 0 Å². The summed E-state index contributed by atoms with van der Waals surface area (Å²) in [6.07, 6.45) is -4.98. The highest BCUT2D eigenvalue weighted by Gasteiger charge is 2.38. The van der Waals surface area contributed by atoms with Gasteiger partial charge in [-0.1, -0.05) is 12.1 Å². The van der Waals surface area contributed by atoms with Gasteiger partial charge in [0.25, 0.3) is 0 Å². The van der Waals surface area contributed by atoms with Crippen molar-refractivity contribution in [1.82, 2.24) is 0 Å². The highest BCUT2D eigenvalue weighted by molar-refractivity contribution is 6.58. The molecule has 0 aliphatic carbocycles. The Morgan fingerprint density at radius 3 is 2.44 bits per heavy atom. The predicted molar refractivity (Wildman–Crippen MR) is 51.0 cm³/mol.